The van der Waals surface area contributed by atoms with Gasteiger partial charge >= 0.3 is 0 Å². The molecule has 148 valence electrons. The summed E-state index contributed by atoms with van der Waals surface area (Å²) in [6, 6.07) is 9.64. The second-order valence-electron chi connectivity index (χ2n) is 5.92. The first-order chi connectivity index (χ1) is 13.6. The van der Waals surface area contributed by atoms with Crippen LogP contribution in [0.4, 0.5) is 0 Å². The van der Waals surface area contributed by atoms with E-state index in [1.807, 2.05) is 6.92 Å². The highest BCUT2D eigenvalue weighted by Crippen LogP contribution is 2.30. The molecule has 0 unspecified atom stereocenters. The summed E-state index contributed by atoms with van der Waals surface area (Å²) < 4.78 is 21.8. The summed E-state index contributed by atoms with van der Waals surface area (Å²) in [5.74, 6) is 1.12. The van der Waals surface area contributed by atoms with Crippen molar-refractivity contribution in [3.63, 3.8) is 0 Å². The van der Waals surface area contributed by atoms with Crippen LogP contribution in [0.2, 0.25) is 0 Å². The maximum atomic E-state index is 12.3. The Morgan fingerprint density at radius 1 is 0.929 bits per heavy atom. The average molecular weight is 386 g/mol. The lowest BCUT2D eigenvalue weighted by atomic mass is 10.2. The Morgan fingerprint density at radius 2 is 1.57 bits per heavy atom. The van der Waals surface area contributed by atoms with Gasteiger partial charge in [0.1, 0.15) is 0 Å². The monoisotopic (exact) mass is 386 g/mol. The van der Waals surface area contributed by atoms with Gasteiger partial charge in [0.25, 0.3) is 11.8 Å². The van der Waals surface area contributed by atoms with Gasteiger partial charge in [-0.1, -0.05) is 0 Å². The fourth-order valence-corrected chi connectivity index (χ4v) is 2.65. The molecule has 0 spiro atoms. The molecule has 8 nitrogen and oxygen atoms in total. The predicted molar refractivity (Wildman–Crippen MR) is 101 cm³/mol. The SMILES string of the molecule is CCOc1ccc(C(=O)NNC(=O)c2ccc3c(c2)OCCCO3)cc1OC. The van der Waals surface area contributed by atoms with Crippen LogP contribution in [0.5, 0.6) is 23.0 Å². The summed E-state index contributed by atoms with van der Waals surface area (Å²) in [4.78, 5) is 24.7. The first-order valence-corrected chi connectivity index (χ1v) is 8.93. The molecule has 0 radical (unpaired) electrons. The van der Waals surface area contributed by atoms with Gasteiger partial charge in [0, 0.05) is 17.5 Å². The number of methoxy groups -OCH3 is 1. The number of benzene rings is 2. The van der Waals surface area contributed by atoms with E-state index in [1.165, 1.54) is 7.11 Å². The van der Waals surface area contributed by atoms with Crippen molar-refractivity contribution in [3.05, 3.63) is 47.5 Å². The molecule has 2 aromatic rings. The number of nitrogens with one attached hydrogen (secondary N) is 2. The van der Waals surface area contributed by atoms with Crippen molar-refractivity contribution < 1.29 is 28.5 Å². The fourth-order valence-electron chi connectivity index (χ4n) is 2.65. The lowest BCUT2D eigenvalue weighted by Gasteiger charge is -2.12. The van der Waals surface area contributed by atoms with Crippen molar-refractivity contribution >= 4 is 11.8 Å². The van der Waals surface area contributed by atoms with E-state index in [4.69, 9.17) is 18.9 Å². The van der Waals surface area contributed by atoms with E-state index >= 15 is 0 Å². The molecule has 0 aliphatic carbocycles. The summed E-state index contributed by atoms with van der Waals surface area (Å²) in [6.45, 7) is 3.43. The van der Waals surface area contributed by atoms with Gasteiger partial charge in [-0.05, 0) is 43.3 Å². The minimum Gasteiger partial charge on any atom is -0.493 e. The standard InChI is InChI=1S/C20H22N2O6/c1-3-26-15-7-5-13(11-17(15)25-2)19(23)21-22-20(24)14-6-8-16-18(12-14)28-10-4-9-27-16/h5-8,11-12H,3-4,9-10H2,1-2H3,(H,21,23)(H,22,24). The van der Waals surface area contributed by atoms with Gasteiger partial charge < -0.3 is 18.9 Å². The average Bonchev–Trinajstić information content (AvgIpc) is 2.97. The largest absolute Gasteiger partial charge is 0.493 e. The molecule has 0 fully saturated rings. The molecule has 1 heterocycles. The predicted octanol–water partition coefficient (Wildman–Crippen LogP) is 2.33. The molecule has 1 aliphatic heterocycles. The molecule has 0 aromatic heterocycles. The van der Waals surface area contributed by atoms with Crippen molar-refractivity contribution in [2.24, 2.45) is 0 Å². The van der Waals surface area contributed by atoms with Crippen LogP contribution in [0, 0.1) is 0 Å². The molecular formula is C20H22N2O6. The van der Waals surface area contributed by atoms with Gasteiger partial charge in [0.15, 0.2) is 23.0 Å². The second kappa shape index (κ2) is 8.98. The maximum Gasteiger partial charge on any atom is 0.269 e. The Bertz CT molecular complexity index is 868. The number of hydrogen-bond donors (Lipinski definition) is 2. The number of hydrazine groups is 1. The molecule has 0 saturated heterocycles. The maximum absolute atomic E-state index is 12.3. The van der Waals surface area contributed by atoms with Gasteiger partial charge in [-0.15, -0.1) is 0 Å². The quantitative estimate of drug-likeness (QED) is 0.766. The van der Waals surface area contributed by atoms with Crippen LogP contribution in [-0.4, -0.2) is 38.7 Å². The van der Waals surface area contributed by atoms with E-state index in [0.29, 0.717) is 53.9 Å². The molecule has 0 saturated carbocycles. The van der Waals surface area contributed by atoms with Gasteiger partial charge in [-0.3, -0.25) is 20.4 Å². The van der Waals surface area contributed by atoms with E-state index < -0.39 is 11.8 Å². The number of rotatable bonds is 5. The molecule has 0 atom stereocenters. The van der Waals surface area contributed by atoms with E-state index in [2.05, 4.69) is 10.9 Å². The fraction of sp³-hybridized carbons (Fsp3) is 0.300. The Labute approximate surface area is 162 Å². The molecule has 2 aromatic carbocycles. The molecule has 2 N–H and O–H groups in total. The van der Waals surface area contributed by atoms with Crippen LogP contribution in [0.3, 0.4) is 0 Å². The summed E-state index contributed by atoms with van der Waals surface area (Å²) in [7, 11) is 1.49. The van der Waals surface area contributed by atoms with Crippen LogP contribution >= 0.6 is 0 Å². The summed E-state index contributed by atoms with van der Waals surface area (Å²) in [5, 5.41) is 0. The highest BCUT2D eigenvalue weighted by atomic mass is 16.5. The normalized spacial score (nSPS) is 12.5. The third-order valence-corrected chi connectivity index (χ3v) is 4.02. The lowest BCUT2D eigenvalue weighted by molar-refractivity contribution is 0.0846. The van der Waals surface area contributed by atoms with Crippen molar-refractivity contribution in [3.8, 4) is 23.0 Å². The first-order valence-electron chi connectivity index (χ1n) is 8.93. The smallest absolute Gasteiger partial charge is 0.269 e. The van der Waals surface area contributed by atoms with Crippen molar-refractivity contribution in [1.29, 1.82) is 0 Å². The zero-order valence-electron chi connectivity index (χ0n) is 15.7. The summed E-state index contributed by atoms with van der Waals surface area (Å²) in [6.07, 6.45) is 0.776. The number of hydrogen-bond acceptors (Lipinski definition) is 6. The van der Waals surface area contributed by atoms with E-state index in [-0.39, 0.29) is 0 Å². The van der Waals surface area contributed by atoms with Crippen LogP contribution in [-0.2, 0) is 0 Å². The van der Waals surface area contributed by atoms with E-state index in [0.717, 1.165) is 6.42 Å². The highest BCUT2D eigenvalue weighted by Gasteiger charge is 2.16. The van der Waals surface area contributed by atoms with Gasteiger partial charge in [0.2, 0.25) is 0 Å². The van der Waals surface area contributed by atoms with Crippen molar-refractivity contribution in [1.82, 2.24) is 10.9 Å². The molecule has 1 aliphatic rings. The minimum absolute atomic E-state index is 0.319. The number of carbonyl (C=O) groups is 2. The molecule has 3 rings (SSSR count). The number of fused-ring (bicyclic) bond motifs is 1. The van der Waals surface area contributed by atoms with E-state index in [1.54, 1.807) is 36.4 Å². The summed E-state index contributed by atoms with van der Waals surface area (Å²) in [5.41, 5.74) is 5.44. The Hall–Kier alpha value is -3.42. The van der Waals surface area contributed by atoms with Crippen LogP contribution < -0.4 is 29.8 Å². The lowest BCUT2D eigenvalue weighted by Crippen LogP contribution is -2.41. The number of carbonyl (C=O) groups excluding carboxylic acids is 2. The number of amides is 2. The van der Waals surface area contributed by atoms with E-state index in [9.17, 15) is 9.59 Å². The zero-order valence-corrected chi connectivity index (χ0v) is 15.7. The molecule has 2 amide bonds. The van der Waals surface area contributed by atoms with Gasteiger partial charge in [-0.2, -0.15) is 0 Å². The second-order valence-corrected chi connectivity index (χ2v) is 5.92. The highest BCUT2D eigenvalue weighted by molar-refractivity contribution is 5.99. The Kier molecular flexibility index (Phi) is 6.21. The Morgan fingerprint density at radius 3 is 2.25 bits per heavy atom. The zero-order chi connectivity index (χ0) is 19.9. The van der Waals surface area contributed by atoms with Crippen LogP contribution in [0.15, 0.2) is 36.4 Å². The molecule has 28 heavy (non-hydrogen) atoms. The third-order valence-electron chi connectivity index (χ3n) is 4.02. The molecule has 0 bridgehead atoms. The third kappa shape index (κ3) is 4.46. The summed E-state index contributed by atoms with van der Waals surface area (Å²) >= 11 is 0. The topological polar surface area (TPSA) is 95.1 Å². The molecular weight excluding hydrogens is 364 g/mol. The van der Waals surface area contributed by atoms with Crippen molar-refractivity contribution in [2.75, 3.05) is 26.9 Å². The van der Waals surface area contributed by atoms with Gasteiger partial charge in [-0.25, -0.2) is 0 Å². The first kappa shape index (κ1) is 19.3. The minimum atomic E-state index is -0.482. The molecule has 8 heteroatoms. The number of ether oxygens (including phenoxy) is 4. The van der Waals surface area contributed by atoms with Crippen LogP contribution in [0.1, 0.15) is 34.1 Å². The van der Waals surface area contributed by atoms with Crippen LogP contribution in [0.25, 0.3) is 0 Å². The van der Waals surface area contributed by atoms with Gasteiger partial charge in [0.05, 0.1) is 26.9 Å². The Balaban J connectivity index is 1.64. The van der Waals surface area contributed by atoms with Crippen molar-refractivity contribution in [2.45, 2.75) is 13.3 Å².